The van der Waals surface area contributed by atoms with E-state index in [0.29, 0.717) is 18.6 Å². The average Bonchev–Trinajstić information content (AvgIpc) is 2.39. The fourth-order valence-corrected chi connectivity index (χ4v) is 3.77. The number of carbonyl (C=O) groups excluding carboxylic acids is 1. The van der Waals surface area contributed by atoms with Gasteiger partial charge in [0.2, 0.25) is 5.91 Å². The predicted molar refractivity (Wildman–Crippen MR) is 73.4 cm³/mol. The monoisotopic (exact) mass is 256 g/mol. The molecule has 1 aliphatic carbocycles. The molecular formula is C13H24N2OS. The number of rotatable bonds is 4. The normalized spacial score (nSPS) is 23.5. The number of nitrogens with one attached hydrogen (secondary N) is 2. The van der Waals surface area contributed by atoms with Crippen LogP contribution in [0.25, 0.3) is 0 Å². The van der Waals surface area contributed by atoms with Gasteiger partial charge in [-0.25, -0.2) is 0 Å². The molecule has 3 nitrogen and oxygen atoms in total. The lowest BCUT2D eigenvalue weighted by Gasteiger charge is -2.25. The maximum Gasteiger partial charge on any atom is 0.234 e. The first-order valence-electron chi connectivity index (χ1n) is 6.95. The zero-order valence-electron chi connectivity index (χ0n) is 10.5. The molecule has 0 atom stereocenters. The number of amides is 1. The molecule has 0 aromatic heterocycles. The van der Waals surface area contributed by atoms with Crippen LogP contribution in [0.3, 0.4) is 0 Å². The van der Waals surface area contributed by atoms with Gasteiger partial charge in [-0.15, -0.1) is 0 Å². The Morgan fingerprint density at radius 2 is 1.71 bits per heavy atom. The van der Waals surface area contributed by atoms with Crippen LogP contribution in [0, 0.1) is 0 Å². The summed E-state index contributed by atoms with van der Waals surface area (Å²) in [7, 11) is 0. The summed E-state index contributed by atoms with van der Waals surface area (Å²) in [6.45, 7) is 0.506. The van der Waals surface area contributed by atoms with Gasteiger partial charge in [-0.1, -0.05) is 19.3 Å². The summed E-state index contributed by atoms with van der Waals surface area (Å²) < 4.78 is 0. The number of hydrogen-bond donors (Lipinski definition) is 2. The summed E-state index contributed by atoms with van der Waals surface area (Å²) >= 11 is 2.02. The molecule has 0 aromatic rings. The molecule has 17 heavy (non-hydrogen) atoms. The summed E-state index contributed by atoms with van der Waals surface area (Å²) in [4.78, 5) is 11.8. The molecule has 2 rings (SSSR count). The molecule has 1 heterocycles. The molecule has 2 N–H and O–H groups in total. The van der Waals surface area contributed by atoms with Gasteiger partial charge in [0, 0.05) is 12.1 Å². The van der Waals surface area contributed by atoms with Gasteiger partial charge >= 0.3 is 0 Å². The van der Waals surface area contributed by atoms with Gasteiger partial charge in [-0.2, -0.15) is 11.8 Å². The first-order valence-corrected chi connectivity index (χ1v) is 8.10. The van der Waals surface area contributed by atoms with E-state index in [4.69, 9.17) is 0 Å². The molecule has 2 fully saturated rings. The summed E-state index contributed by atoms with van der Waals surface area (Å²) in [6, 6.07) is 1.01. The van der Waals surface area contributed by atoms with Crippen LogP contribution >= 0.6 is 11.8 Å². The van der Waals surface area contributed by atoms with Gasteiger partial charge in [-0.3, -0.25) is 4.79 Å². The Morgan fingerprint density at radius 1 is 1.00 bits per heavy atom. The molecule has 4 heteroatoms. The van der Waals surface area contributed by atoms with Crippen LogP contribution in [0.1, 0.15) is 44.9 Å². The van der Waals surface area contributed by atoms with Crippen molar-refractivity contribution in [3.63, 3.8) is 0 Å². The Hall–Kier alpha value is -0.220. The van der Waals surface area contributed by atoms with Crippen molar-refractivity contribution in [2.24, 2.45) is 0 Å². The van der Waals surface area contributed by atoms with Crippen LogP contribution in [-0.2, 0) is 4.79 Å². The van der Waals surface area contributed by atoms with Crippen molar-refractivity contribution in [2.75, 3.05) is 18.1 Å². The summed E-state index contributed by atoms with van der Waals surface area (Å²) in [5.41, 5.74) is 0. The zero-order chi connectivity index (χ0) is 11.9. The second-order valence-electron chi connectivity index (χ2n) is 5.17. The fraction of sp³-hybridized carbons (Fsp3) is 0.923. The van der Waals surface area contributed by atoms with Gasteiger partial charge in [0.25, 0.3) is 0 Å². The molecule has 0 unspecified atom stereocenters. The first kappa shape index (κ1) is 13.2. The largest absolute Gasteiger partial charge is 0.352 e. The van der Waals surface area contributed by atoms with E-state index in [9.17, 15) is 4.79 Å². The van der Waals surface area contributed by atoms with Crippen LogP contribution in [0.2, 0.25) is 0 Å². The molecule has 2 aliphatic rings. The Bertz CT molecular complexity index is 236. The quantitative estimate of drug-likeness (QED) is 0.807. The molecule has 1 amide bonds. The highest BCUT2D eigenvalue weighted by Gasteiger charge is 2.17. The van der Waals surface area contributed by atoms with E-state index in [1.165, 1.54) is 56.5 Å². The highest BCUT2D eigenvalue weighted by atomic mass is 32.2. The van der Waals surface area contributed by atoms with E-state index in [2.05, 4.69) is 10.6 Å². The zero-order valence-corrected chi connectivity index (χ0v) is 11.4. The highest BCUT2D eigenvalue weighted by molar-refractivity contribution is 7.99. The van der Waals surface area contributed by atoms with E-state index >= 15 is 0 Å². The van der Waals surface area contributed by atoms with Crippen molar-refractivity contribution >= 4 is 17.7 Å². The van der Waals surface area contributed by atoms with E-state index in [1.54, 1.807) is 0 Å². The smallest absolute Gasteiger partial charge is 0.234 e. The maximum atomic E-state index is 11.8. The lowest BCUT2D eigenvalue weighted by molar-refractivity contribution is -0.121. The summed E-state index contributed by atoms with van der Waals surface area (Å²) in [6.07, 6.45) is 8.65. The predicted octanol–water partition coefficient (Wildman–Crippen LogP) is 1.92. The highest BCUT2D eigenvalue weighted by Crippen LogP contribution is 2.18. The molecule has 0 radical (unpaired) electrons. The lowest BCUT2D eigenvalue weighted by Crippen LogP contribution is -2.44. The van der Waals surface area contributed by atoms with Crippen LogP contribution in [0.4, 0.5) is 0 Å². The molecular weight excluding hydrogens is 232 g/mol. The standard InChI is InChI=1S/C13H24N2OS/c16-13(15-12-4-2-1-3-5-12)10-14-11-6-8-17-9-7-11/h11-12,14H,1-10H2,(H,15,16). The Balaban J connectivity index is 1.59. The molecule has 1 saturated carbocycles. The van der Waals surface area contributed by atoms with Gasteiger partial charge in [0.05, 0.1) is 6.54 Å². The van der Waals surface area contributed by atoms with Crippen LogP contribution in [0.15, 0.2) is 0 Å². The SMILES string of the molecule is O=C(CNC1CCSCC1)NC1CCCCC1. The fourth-order valence-electron chi connectivity index (χ4n) is 2.66. The van der Waals surface area contributed by atoms with Gasteiger partial charge in [0.1, 0.15) is 0 Å². The van der Waals surface area contributed by atoms with Crippen LogP contribution < -0.4 is 10.6 Å². The van der Waals surface area contributed by atoms with Crippen LogP contribution in [0.5, 0.6) is 0 Å². The van der Waals surface area contributed by atoms with E-state index in [1.807, 2.05) is 11.8 Å². The average molecular weight is 256 g/mol. The molecule has 0 aromatic carbocycles. The second-order valence-corrected chi connectivity index (χ2v) is 6.39. The van der Waals surface area contributed by atoms with Crippen LogP contribution in [-0.4, -0.2) is 36.0 Å². The van der Waals surface area contributed by atoms with Crippen molar-refractivity contribution in [1.82, 2.24) is 10.6 Å². The van der Waals surface area contributed by atoms with E-state index in [-0.39, 0.29) is 5.91 Å². The number of hydrogen-bond acceptors (Lipinski definition) is 3. The lowest BCUT2D eigenvalue weighted by atomic mass is 9.95. The van der Waals surface area contributed by atoms with Crippen molar-refractivity contribution in [3.05, 3.63) is 0 Å². The molecule has 0 spiro atoms. The molecule has 98 valence electrons. The third-order valence-electron chi connectivity index (χ3n) is 3.74. The minimum absolute atomic E-state index is 0.190. The number of carbonyl (C=O) groups is 1. The molecule has 0 bridgehead atoms. The number of thioether (sulfide) groups is 1. The van der Waals surface area contributed by atoms with Crippen molar-refractivity contribution in [1.29, 1.82) is 0 Å². The Labute approximate surface area is 108 Å². The summed E-state index contributed by atoms with van der Waals surface area (Å²) in [5, 5.41) is 6.54. The van der Waals surface area contributed by atoms with Crippen molar-refractivity contribution in [3.8, 4) is 0 Å². The molecule has 1 saturated heterocycles. The Morgan fingerprint density at radius 3 is 2.41 bits per heavy atom. The maximum absolute atomic E-state index is 11.8. The minimum atomic E-state index is 0.190. The van der Waals surface area contributed by atoms with E-state index in [0.717, 1.165) is 0 Å². The van der Waals surface area contributed by atoms with Crippen molar-refractivity contribution in [2.45, 2.75) is 57.0 Å². The molecule has 1 aliphatic heterocycles. The topological polar surface area (TPSA) is 41.1 Å². The van der Waals surface area contributed by atoms with Gasteiger partial charge < -0.3 is 10.6 Å². The Kier molecular flexibility index (Phi) is 5.65. The van der Waals surface area contributed by atoms with E-state index < -0.39 is 0 Å². The first-order chi connectivity index (χ1) is 8.34. The third-order valence-corrected chi connectivity index (χ3v) is 4.79. The van der Waals surface area contributed by atoms with Gasteiger partial charge in [0.15, 0.2) is 0 Å². The second kappa shape index (κ2) is 7.27. The summed E-state index contributed by atoms with van der Waals surface area (Å²) in [5.74, 6) is 2.67. The van der Waals surface area contributed by atoms with Gasteiger partial charge in [-0.05, 0) is 37.2 Å². The third kappa shape index (κ3) is 4.88. The van der Waals surface area contributed by atoms with Crippen molar-refractivity contribution < 1.29 is 4.79 Å². The minimum Gasteiger partial charge on any atom is -0.352 e.